The van der Waals surface area contributed by atoms with Crippen LogP contribution in [0.2, 0.25) is 0 Å². The molecule has 164 valence electrons. The molecule has 1 saturated heterocycles. The Hall–Kier alpha value is -3.12. The highest BCUT2D eigenvalue weighted by atomic mass is 32.2. The van der Waals surface area contributed by atoms with Crippen molar-refractivity contribution < 1.29 is 22.3 Å². The zero-order valence-corrected chi connectivity index (χ0v) is 17.9. The molecule has 2 aliphatic rings. The molecule has 0 spiro atoms. The summed E-state index contributed by atoms with van der Waals surface area (Å²) in [6.45, 7) is 3.15. The van der Waals surface area contributed by atoms with Crippen molar-refractivity contribution in [3.05, 3.63) is 53.4 Å². The number of ether oxygens (including phenoxy) is 1. The molecule has 0 bridgehead atoms. The summed E-state index contributed by atoms with van der Waals surface area (Å²) in [6, 6.07) is 3.85. The van der Waals surface area contributed by atoms with Crippen molar-refractivity contribution in [3.63, 3.8) is 0 Å². The maximum atomic E-state index is 15.0. The number of aryl methyl sites for hydroxylation is 1. The highest BCUT2D eigenvalue weighted by Crippen LogP contribution is 2.46. The third-order valence-electron chi connectivity index (χ3n) is 5.51. The van der Waals surface area contributed by atoms with Crippen LogP contribution in [0.3, 0.4) is 0 Å². The Balaban J connectivity index is 1.77. The van der Waals surface area contributed by atoms with Crippen molar-refractivity contribution in [1.29, 1.82) is 0 Å². The molecule has 2 aromatic rings. The number of sulfonamides is 1. The fraction of sp³-hybridized carbons (Fsp3) is 0.368. The van der Waals surface area contributed by atoms with Gasteiger partial charge in [0, 0.05) is 24.5 Å². The number of amides is 1. The molecule has 2 aliphatic heterocycles. The number of fused-ring (bicyclic) bond motifs is 1. The van der Waals surface area contributed by atoms with Crippen LogP contribution in [-0.4, -0.2) is 59.6 Å². The van der Waals surface area contributed by atoms with E-state index in [1.54, 1.807) is 13.8 Å². The van der Waals surface area contributed by atoms with Gasteiger partial charge < -0.3 is 15.8 Å². The lowest BCUT2D eigenvalue weighted by molar-refractivity contribution is 0.102. The van der Waals surface area contributed by atoms with E-state index in [4.69, 9.17) is 10.5 Å². The number of aromatic nitrogens is 2. The molecule has 10 nitrogen and oxygen atoms in total. The van der Waals surface area contributed by atoms with Gasteiger partial charge in [0.2, 0.25) is 16.0 Å². The molecule has 1 amide bonds. The van der Waals surface area contributed by atoms with Crippen molar-refractivity contribution in [3.8, 4) is 0 Å². The van der Waals surface area contributed by atoms with Crippen LogP contribution in [0.15, 0.2) is 35.6 Å². The first-order valence-corrected chi connectivity index (χ1v) is 10.9. The van der Waals surface area contributed by atoms with E-state index in [-0.39, 0.29) is 29.5 Å². The van der Waals surface area contributed by atoms with E-state index < -0.39 is 38.6 Å². The van der Waals surface area contributed by atoms with Crippen molar-refractivity contribution in [2.75, 3.05) is 19.0 Å². The fourth-order valence-electron chi connectivity index (χ4n) is 3.91. The highest BCUT2D eigenvalue weighted by molar-refractivity contribution is 7.90. The number of aliphatic imine (C=N–C) groups is 1. The molecular formula is C19H21FN6O4S. The van der Waals surface area contributed by atoms with Gasteiger partial charge >= 0.3 is 0 Å². The van der Waals surface area contributed by atoms with E-state index in [9.17, 15) is 17.6 Å². The van der Waals surface area contributed by atoms with Crippen LogP contribution in [0.1, 0.15) is 28.7 Å². The van der Waals surface area contributed by atoms with Gasteiger partial charge in [-0.3, -0.25) is 9.78 Å². The van der Waals surface area contributed by atoms with E-state index in [0.717, 1.165) is 10.4 Å². The second kappa shape index (κ2) is 7.24. The first-order chi connectivity index (χ1) is 14.6. The molecule has 1 aromatic heterocycles. The number of halogens is 1. The van der Waals surface area contributed by atoms with Gasteiger partial charge in [0.05, 0.1) is 24.6 Å². The van der Waals surface area contributed by atoms with Gasteiger partial charge in [0.25, 0.3) is 5.91 Å². The van der Waals surface area contributed by atoms with Gasteiger partial charge in [0.1, 0.15) is 22.3 Å². The number of carbonyl (C=O) groups is 1. The molecular weight excluding hydrogens is 427 g/mol. The smallest absolute Gasteiger partial charge is 0.275 e. The van der Waals surface area contributed by atoms with Crippen molar-refractivity contribution in [2.45, 2.75) is 30.7 Å². The highest BCUT2D eigenvalue weighted by Gasteiger charge is 2.61. The molecule has 31 heavy (non-hydrogen) atoms. The van der Waals surface area contributed by atoms with Crippen molar-refractivity contribution >= 4 is 27.6 Å². The third kappa shape index (κ3) is 3.31. The number of anilines is 1. The van der Waals surface area contributed by atoms with Gasteiger partial charge in [-0.15, -0.1) is 0 Å². The first-order valence-electron chi connectivity index (χ1n) is 9.41. The van der Waals surface area contributed by atoms with Gasteiger partial charge in [-0.05, 0) is 32.0 Å². The Labute approximate surface area is 178 Å². The zero-order valence-electron chi connectivity index (χ0n) is 17.0. The average Bonchev–Trinajstić information content (AvgIpc) is 3.06. The quantitative estimate of drug-likeness (QED) is 0.706. The normalized spacial score (nSPS) is 26.8. The number of nitrogens with one attached hydrogen (secondary N) is 1. The molecule has 12 heteroatoms. The molecule has 0 aliphatic carbocycles. The lowest BCUT2D eigenvalue weighted by atomic mass is 9.86. The lowest BCUT2D eigenvalue weighted by Gasteiger charge is -2.39. The van der Waals surface area contributed by atoms with Crippen LogP contribution in [0, 0.1) is 12.7 Å². The first kappa shape index (κ1) is 21.1. The summed E-state index contributed by atoms with van der Waals surface area (Å²) in [6.07, 6.45) is 2.03. The van der Waals surface area contributed by atoms with Gasteiger partial charge in [-0.2, -0.15) is 0 Å². The van der Waals surface area contributed by atoms with E-state index >= 15 is 0 Å². The standard InChI is InChI=1S/C19H21FN6O4S/c1-10-7-23-15(8-22-10)17(27)24-12-4-5-14(20)13(6-12)19-9-30-11(2)16(19)31(28,29)26(3)18(21)25-19/h4-8,11,16H,9H2,1-3H3,(H2,21,25)(H,24,27)/t11-,16-,19-/m1/s1. The molecule has 1 aromatic carbocycles. The van der Waals surface area contributed by atoms with E-state index in [1.165, 1.54) is 31.6 Å². The van der Waals surface area contributed by atoms with E-state index in [2.05, 4.69) is 20.3 Å². The van der Waals surface area contributed by atoms with Gasteiger partial charge in [-0.25, -0.2) is 27.1 Å². The Morgan fingerprint density at radius 2 is 2.10 bits per heavy atom. The van der Waals surface area contributed by atoms with Crippen molar-refractivity contribution in [2.24, 2.45) is 10.7 Å². The van der Waals surface area contributed by atoms with Crippen LogP contribution in [0.25, 0.3) is 0 Å². The summed E-state index contributed by atoms with van der Waals surface area (Å²) in [5.74, 6) is -1.50. The summed E-state index contributed by atoms with van der Waals surface area (Å²) in [4.78, 5) is 24.9. The lowest BCUT2D eigenvalue weighted by Crippen LogP contribution is -2.58. The molecule has 4 rings (SSSR count). The number of benzene rings is 1. The monoisotopic (exact) mass is 448 g/mol. The Morgan fingerprint density at radius 3 is 2.77 bits per heavy atom. The summed E-state index contributed by atoms with van der Waals surface area (Å²) in [7, 11) is -2.67. The van der Waals surface area contributed by atoms with Gasteiger partial charge in [-0.1, -0.05) is 0 Å². The largest absolute Gasteiger partial charge is 0.374 e. The van der Waals surface area contributed by atoms with Crippen LogP contribution < -0.4 is 11.1 Å². The molecule has 0 saturated carbocycles. The number of guanidine groups is 1. The maximum absolute atomic E-state index is 15.0. The van der Waals surface area contributed by atoms with E-state index in [0.29, 0.717) is 5.69 Å². The number of carbonyl (C=O) groups excluding carboxylic acids is 1. The number of nitrogens with zero attached hydrogens (tertiary/aromatic N) is 4. The second-order valence-electron chi connectivity index (χ2n) is 7.54. The van der Waals surface area contributed by atoms with Crippen molar-refractivity contribution in [1.82, 2.24) is 14.3 Å². The molecule has 0 radical (unpaired) electrons. The minimum atomic E-state index is -3.96. The second-order valence-corrected chi connectivity index (χ2v) is 9.62. The third-order valence-corrected chi connectivity index (χ3v) is 7.87. The number of rotatable bonds is 3. The molecule has 3 N–H and O–H groups in total. The topological polar surface area (TPSA) is 140 Å². The van der Waals surface area contributed by atoms with Gasteiger partial charge in [0.15, 0.2) is 0 Å². The van der Waals surface area contributed by atoms with Crippen LogP contribution >= 0.6 is 0 Å². The number of nitrogens with two attached hydrogens (primary N) is 1. The SMILES string of the molecule is Cc1cnc(C(=O)Nc2ccc(F)c([C@]34CO[C@H](C)[C@H]3S(=O)(=O)N(C)C(N)=N4)c2)cn1. The average molecular weight is 448 g/mol. The summed E-state index contributed by atoms with van der Waals surface area (Å²) in [5, 5.41) is 1.44. The maximum Gasteiger partial charge on any atom is 0.275 e. The Bertz CT molecular complexity index is 1190. The predicted octanol–water partition coefficient (Wildman–Crippen LogP) is 0.749. The van der Waals surface area contributed by atoms with Crippen LogP contribution in [0.5, 0.6) is 0 Å². The van der Waals surface area contributed by atoms with Crippen LogP contribution in [-0.2, 0) is 20.3 Å². The summed E-state index contributed by atoms with van der Waals surface area (Å²) in [5.41, 5.74) is 5.22. The summed E-state index contributed by atoms with van der Waals surface area (Å²) >= 11 is 0. The minimum absolute atomic E-state index is 0.0331. The Morgan fingerprint density at radius 1 is 1.35 bits per heavy atom. The molecule has 0 unspecified atom stereocenters. The molecule has 3 heterocycles. The molecule has 3 atom stereocenters. The predicted molar refractivity (Wildman–Crippen MR) is 110 cm³/mol. The number of hydrogen-bond acceptors (Lipinski definition) is 8. The van der Waals surface area contributed by atoms with Crippen LogP contribution in [0.4, 0.5) is 10.1 Å². The fourth-order valence-corrected chi connectivity index (χ4v) is 5.85. The van der Waals surface area contributed by atoms with E-state index in [1.807, 2.05) is 0 Å². The summed E-state index contributed by atoms with van der Waals surface area (Å²) < 4.78 is 47.6. The number of hydrogen-bond donors (Lipinski definition) is 2. The molecule has 1 fully saturated rings. The minimum Gasteiger partial charge on any atom is -0.374 e. The zero-order chi connectivity index (χ0) is 22.6. The Kier molecular flexibility index (Phi) is 4.93.